The van der Waals surface area contributed by atoms with E-state index in [0.29, 0.717) is 25.6 Å². The van der Waals surface area contributed by atoms with Crippen LogP contribution in [0.5, 0.6) is 0 Å². The number of hydrogen-bond acceptors (Lipinski definition) is 5. The lowest BCUT2D eigenvalue weighted by Crippen LogP contribution is -2.53. The van der Waals surface area contributed by atoms with Gasteiger partial charge in [0.2, 0.25) is 15.9 Å². The summed E-state index contributed by atoms with van der Waals surface area (Å²) in [5.74, 6) is 0.535. The van der Waals surface area contributed by atoms with Crippen LogP contribution in [-0.4, -0.2) is 79.2 Å². The average molecular weight is 492 g/mol. The molecule has 2 aliphatic rings. The number of benzene rings is 2. The van der Waals surface area contributed by atoms with Crippen molar-refractivity contribution in [2.75, 3.05) is 45.8 Å². The third-order valence-corrected chi connectivity index (χ3v) is 9.18. The fourth-order valence-corrected chi connectivity index (χ4v) is 6.79. The zero-order valence-electron chi connectivity index (χ0n) is 19.6. The molecule has 3 heterocycles. The van der Waals surface area contributed by atoms with Crippen molar-refractivity contribution >= 4 is 26.8 Å². The summed E-state index contributed by atoms with van der Waals surface area (Å²) in [4.78, 5) is 20.3. The molecular formula is C26H29N5O3S. The molecule has 0 atom stereocenters. The van der Waals surface area contributed by atoms with Crippen molar-refractivity contribution < 1.29 is 13.2 Å². The topological polar surface area (TPSA) is 101 Å². The minimum atomic E-state index is -3.76. The summed E-state index contributed by atoms with van der Waals surface area (Å²) in [7, 11) is -3.76. The minimum Gasteiger partial charge on any atom is -0.361 e. The molecule has 8 nitrogen and oxygen atoms in total. The zero-order valence-corrected chi connectivity index (χ0v) is 20.4. The molecule has 1 aromatic heterocycles. The number of piperidine rings is 1. The molecule has 2 fully saturated rings. The first kappa shape index (κ1) is 23.5. The molecule has 182 valence electrons. The molecule has 3 aromatic rings. The Hall–Kier alpha value is -3.19. The van der Waals surface area contributed by atoms with Gasteiger partial charge in [0.05, 0.1) is 17.0 Å². The first-order valence-corrected chi connectivity index (χ1v) is 13.5. The number of amides is 1. The predicted octanol–water partition coefficient (Wildman–Crippen LogP) is 2.75. The van der Waals surface area contributed by atoms with E-state index in [4.69, 9.17) is 0 Å². The Bertz CT molecular complexity index is 1360. The van der Waals surface area contributed by atoms with Crippen molar-refractivity contribution in [1.82, 2.24) is 19.1 Å². The molecule has 2 aromatic carbocycles. The Morgan fingerprint density at radius 1 is 0.971 bits per heavy atom. The van der Waals surface area contributed by atoms with Crippen LogP contribution in [0.1, 0.15) is 29.9 Å². The van der Waals surface area contributed by atoms with Crippen molar-refractivity contribution in [3.05, 3.63) is 65.9 Å². The van der Waals surface area contributed by atoms with Gasteiger partial charge >= 0.3 is 0 Å². The van der Waals surface area contributed by atoms with Gasteiger partial charge in [0, 0.05) is 43.3 Å². The van der Waals surface area contributed by atoms with Gasteiger partial charge in [-0.25, -0.2) is 8.42 Å². The highest BCUT2D eigenvalue weighted by Gasteiger charge is 2.32. The normalized spacial score (nSPS) is 18.5. The second kappa shape index (κ2) is 9.82. The second-order valence-corrected chi connectivity index (χ2v) is 11.1. The SMILES string of the molecule is N#Cc1ccccc1S(=O)(=O)N1CCN(C(=O)CN2CCC(c3c[nH]c4ccccc34)CC2)CC1. The van der Waals surface area contributed by atoms with Gasteiger partial charge in [-0.1, -0.05) is 30.3 Å². The van der Waals surface area contributed by atoms with E-state index in [9.17, 15) is 18.5 Å². The maximum absolute atomic E-state index is 13.0. The number of carbonyl (C=O) groups is 1. The molecule has 35 heavy (non-hydrogen) atoms. The van der Waals surface area contributed by atoms with Gasteiger partial charge in [0.1, 0.15) is 6.07 Å². The largest absolute Gasteiger partial charge is 0.361 e. The number of aromatic amines is 1. The first-order valence-electron chi connectivity index (χ1n) is 12.0. The summed E-state index contributed by atoms with van der Waals surface area (Å²) in [5.41, 5.74) is 2.67. The molecule has 2 saturated heterocycles. The monoisotopic (exact) mass is 491 g/mol. The van der Waals surface area contributed by atoms with Crippen molar-refractivity contribution in [1.29, 1.82) is 5.26 Å². The molecule has 0 unspecified atom stereocenters. The predicted molar refractivity (Wildman–Crippen MR) is 133 cm³/mol. The van der Waals surface area contributed by atoms with E-state index in [1.807, 2.05) is 12.1 Å². The Labute approximate surface area is 205 Å². The number of fused-ring (bicyclic) bond motifs is 1. The number of likely N-dealkylation sites (tertiary alicyclic amines) is 1. The molecule has 0 spiro atoms. The van der Waals surface area contributed by atoms with Crippen molar-refractivity contribution in [3.63, 3.8) is 0 Å². The smallest absolute Gasteiger partial charge is 0.244 e. The molecule has 0 aliphatic carbocycles. The summed E-state index contributed by atoms with van der Waals surface area (Å²) in [6.45, 7) is 3.29. The maximum atomic E-state index is 13.0. The van der Waals surface area contributed by atoms with E-state index < -0.39 is 10.0 Å². The van der Waals surface area contributed by atoms with Gasteiger partial charge in [-0.3, -0.25) is 9.69 Å². The highest BCUT2D eigenvalue weighted by atomic mass is 32.2. The number of nitrogens with one attached hydrogen (secondary N) is 1. The van der Waals surface area contributed by atoms with Gasteiger partial charge in [-0.05, 0) is 55.6 Å². The average Bonchev–Trinajstić information content (AvgIpc) is 3.33. The van der Waals surface area contributed by atoms with E-state index >= 15 is 0 Å². The molecule has 0 radical (unpaired) electrons. The van der Waals surface area contributed by atoms with Crippen LogP contribution in [0.3, 0.4) is 0 Å². The maximum Gasteiger partial charge on any atom is 0.244 e. The number of hydrogen-bond donors (Lipinski definition) is 1. The van der Waals surface area contributed by atoms with Gasteiger partial charge in [0.15, 0.2) is 0 Å². The molecule has 2 aliphatic heterocycles. The molecule has 9 heteroatoms. The van der Waals surface area contributed by atoms with Gasteiger partial charge in [-0.2, -0.15) is 9.57 Å². The van der Waals surface area contributed by atoms with Crippen LogP contribution in [0.25, 0.3) is 10.9 Å². The Morgan fingerprint density at radius 3 is 2.40 bits per heavy atom. The van der Waals surface area contributed by atoms with Crippen LogP contribution in [0.15, 0.2) is 59.6 Å². The number of H-pyrrole nitrogens is 1. The van der Waals surface area contributed by atoms with Crippen LogP contribution in [0, 0.1) is 11.3 Å². The number of piperazine rings is 1. The van der Waals surface area contributed by atoms with Crippen LogP contribution >= 0.6 is 0 Å². The van der Waals surface area contributed by atoms with E-state index in [1.54, 1.807) is 17.0 Å². The Balaban J connectivity index is 1.14. The summed E-state index contributed by atoms with van der Waals surface area (Å²) in [6.07, 6.45) is 4.15. The van der Waals surface area contributed by atoms with Crippen LogP contribution in [0.2, 0.25) is 0 Å². The fourth-order valence-electron chi connectivity index (χ4n) is 5.23. The van der Waals surface area contributed by atoms with E-state index in [-0.39, 0.29) is 29.5 Å². The third-order valence-electron chi connectivity index (χ3n) is 7.22. The summed E-state index contributed by atoms with van der Waals surface area (Å²) in [6, 6.07) is 16.6. The van der Waals surface area contributed by atoms with Crippen LogP contribution < -0.4 is 0 Å². The first-order chi connectivity index (χ1) is 17.0. The summed E-state index contributed by atoms with van der Waals surface area (Å²) in [5, 5.41) is 10.6. The van der Waals surface area contributed by atoms with Crippen molar-refractivity contribution in [2.24, 2.45) is 0 Å². The fraction of sp³-hybridized carbons (Fsp3) is 0.385. The van der Waals surface area contributed by atoms with E-state index in [0.717, 1.165) is 31.4 Å². The minimum absolute atomic E-state index is 0.0281. The molecule has 5 rings (SSSR count). The van der Waals surface area contributed by atoms with Crippen LogP contribution in [0.4, 0.5) is 0 Å². The number of nitriles is 1. The molecule has 1 N–H and O–H groups in total. The number of rotatable bonds is 5. The quantitative estimate of drug-likeness (QED) is 0.592. The number of nitrogens with zero attached hydrogens (tertiary/aromatic N) is 4. The number of sulfonamides is 1. The zero-order chi connectivity index (χ0) is 24.4. The number of aromatic nitrogens is 1. The lowest BCUT2D eigenvalue weighted by Gasteiger charge is -2.36. The second-order valence-electron chi connectivity index (χ2n) is 9.23. The molecule has 1 amide bonds. The highest BCUT2D eigenvalue weighted by molar-refractivity contribution is 7.89. The lowest BCUT2D eigenvalue weighted by atomic mass is 9.89. The van der Waals surface area contributed by atoms with E-state index in [1.165, 1.54) is 27.4 Å². The standard InChI is InChI=1S/C26H29N5O3S/c27-17-21-5-1-4-8-25(21)35(33,34)31-15-13-30(14-16-31)26(32)19-29-11-9-20(10-12-29)23-18-28-24-7-3-2-6-22(23)24/h1-8,18,20,28H,9-16,19H2. The van der Waals surface area contributed by atoms with Crippen LogP contribution in [-0.2, 0) is 14.8 Å². The number of para-hydroxylation sites is 1. The highest BCUT2D eigenvalue weighted by Crippen LogP contribution is 2.33. The van der Waals surface area contributed by atoms with Gasteiger partial charge < -0.3 is 9.88 Å². The van der Waals surface area contributed by atoms with Gasteiger partial charge in [-0.15, -0.1) is 0 Å². The third kappa shape index (κ3) is 4.69. The summed E-state index contributed by atoms with van der Waals surface area (Å²) >= 11 is 0. The van der Waals surface area contributed by atoms with Crippen molar-refractivity contribution in [2.45, 2.75) is 23.7 Å². The molecule has 0 bridgehead atoms. The lowest BCUT2D eigenvalue weighted by molar-refractivity contribution is -0.133. The Morgan fingerprint density at radius 2 is 1.66 bits per heavy atom. The molecular weight excluding hydrogens is 462 g/mol. The number of carbonyl (C=O) groups excluding carboxylic acids is 1. The van der Waals surface area contributed by atoms with Crippen molar-refractivity contribution in [3.8, 4) is 6.07 Å². The molecule has 0 saturated carbocycles. The van der Waals surface area contributed by atoms with E-state index in [2.05, 4.69) is 34.3 Å². The van der Waals surface area contributed by atoms with Gasteiger partial charge in [0.25, 0.3) is 0 Å². The Kier molecular flexibility index (Phi) is 6.60. The summed E-state index contributed by atoms with van der Waals surface area (Å²) < 4.78 is 27.4.